The van der Waals surface area contributed by atoms with E-state index in [1.807, 2.05) is 55.4 Å². The first kappa shape index (κ1) is 29.0. The number of ether oxygens (including phenoxy) is 1. The number of hydrogen-bond donors (Lipinski definition) is 1. The lowest BCUT2D eigenvalue weighted by molar-refractivity contribution is -0.373. The zero-order valence-electron chi connectivity index (χ0n) is 20.2. The Morgan fingerprint density at radius 2 is 1.38 bits per heavy atom. The second-order valence-corrected chi connectivity index (χ2v) is 11.2. The van der Waals surface area contributed by atoms with Gasteiger partial charge < -0.3 is 9.84 Å². The Morgan fingerprint density at radius 1 is 0.906 bits per heavy atom. The van der Waals surface area contributed by atoms with E-state index < -0.39 is 30.3 Å². The minimum absolute atomic E-state index is 0.113. The summed E-state index contributed by atoms with van der Waals surface area (Å²) in [4.78, 5) is 11.5. The van der Waals surface area contributed by atoms with Crippen molar-refractivity contribution in [2.75, 3.05) is 0 Å². The van der Waals surface area contributed by atoms with Gasteiger partial charge in [-0.05, 0) is 89.9 Å². The van der Waals surface area contributed by atoms with Crippen molar-refractivity contribution in [3.63, 3.8) is 0 Å². The maximum atomic E-state index is 12.7. The summed E-state index contributed by atoms with van der Waals surface area (Å²) in [5.74, 6) is -0.334. The molecule has 5 atom stereocenters. The standard InChI is InChI=1S/C13H18F6O.C10H20O2/c1-6-7(2)10-4-8(6)3-9(10)5-11(20,12(14,15)16)13(17,18)19;1-7-10(5,6)8(11)12-9(2,3)4/h6-10,20H,3-5H2,1-2H3;7H2,1-6H3. The van der Waals surface area contributed by atoms with Gasteiger partial charge in [0, 0.05) is 0 Å². The molecule has 0 aromatic heterocycles. The molecule has 2 aliphatic rings. The number of halogens is 6. The largest absolute Gasteiger partial charge is 0.460 e. The summed E-state index contributed by atoms with van der Waals surface area (Å²) in [6, 6.07) is 0. The Kier molecular flexibility index (Phi) is 8.47. The molecule has 0 heterocycles. The van der Waals surface area contributed by atoms with Crippen LogP contribution in [0.4, 0.5) is 26.3 Å². The Morgan fingerprint density at radius 3 is 1.69 bits per heavy atom. The third kappa shape index (κ3) is 6.32. The Labute approximate surface area is 187 Å². The highest BCUT2D eigenvalue weighted by Gasteiger charge is 2.71. The Hall–Kier alpha value is -0.990. The van der Waals surface area contributed by atoms with E-state index in [1.165, 1.54) is 0 Å². The molecule has 1 N–H and O–H groups in total. The van der Waals surface area contributed by atoms with Crippen LogP contribution >= 0.6 is 0 Å². The molecule has 2 rings (SSSR count). The van der Waals surface area contributed by atoms with Gasteiger partial charge in [0.1, 0.15) is 5.60 Å². The molecule has 2 saturated carbocycles. The van der Waals surface area contributed by atoms with E-state index in [0.717, 1.165) is 6.42 Å². The summed E-state index contributed by atoms with van der Waals surface area (Å²) < 4.78 is 81.5. The number of carbonyl (C=O) groups excluding carboxylic acids is 1. The van der Waals surface area contributed by atoms with Gasteiger partial charge in [-0.1, -0.05) is 20.8 Å². The topological polar surface area (TPSA) is 46.5 Å². The van der Waals surface area contributed by atoms with Crippen LogP contribution in [0.5, 0.6) is 0 Å². The molecular formula is C23H38F6O3. The van der Waals surface area contributed by atoms with Gasteiger partial charge in [-0.3, -0.25) is 4.79 Å². The van der Waals surface area contributed by atoms with E-state index in [2.05, 4.69) is 0 Å². The van der Waals surface area contributed by atoms with Gasteiger partial charge in [-0.2, -0.15) is 26.3 Å². The normalized spacial score (nSPS) is 28.9. The number of rotatable bonds is 4. The summed E-state index contributed by atoms with van der Waals surface area (Å²) >= 11 is 0. The minimum Gasteiger partial charge on any atom is -0.460 e. The zero-order chi connectivity index (χ0) is 25.5. The quantitative estimate of drug-likeness (QED) is 0.354. The van der Waals surface area contributed by atoms with Gasteiger partial charge in [-0.15, -0.1) is 0 Å². The molecule has 0 amide bonds. The molecule has 0 aliphatic heterocycles. The van der Waals surface area contributed by atoms with Crippen molar-refractivity contribution in [1.82, 2.24) is 0 Å². The van der Waals surface area contributed by atoms with E-state index in [1.54, 1.807) is 0 Å². The van der Waals surface area contributed by atoms with Crippen molar-refractivity contribution >= 4 is 5.97 Å². The van der Waals surface area contributed by atoms with Crippen molar-refractivity contribution in [2.45, 2.75) is 105 Å². The fourth-order valence-electron chi connectivity index (χ4n) is 4.66. The first-order valence-electron chi connectivity index (χ1n) is 11.2. The molecule has 2 bridgehead atoms. The number of hydrogen-bond acceptors (Lipinski definition) is 3. The fourth-order valence-corrected chi connectivity index (χ4v) is 4.66. The molecule has 9 heteroatoms. The molecule has 0 aromatic rings. The number of alkyl halides is 6. The van der Waals surface area contributed by atoms with Crippen molar-refractivity contribution < 1.29 is 41.0 Å². The molecular weight excluding hydrogens is 438 g/mol. The smallest absolute Gasteiger partial charge is 0.426 e. The van der Waals surface area contributed by atoms with Gasteiger partial charge in [-0.25, -0.2) is 0 Å². The van der Waals surface area contributed by atoms with E-state index >= 15 is 0 Å². The highest BCUT2D eigenvalue weighted by molar-refractivity contribution is 5.76. The highest BCUT2D eigenvalue weighted by atomic mass is 19.4. The van der Waals surface area contributed by atoms with Crippen molar-refractivity contribution in [3.05, 3.63) is 0 Å². The molecule has 0 spiro atoms. The maximum Gasteiger partial charge on any atom is 0.426 e. The average Bonchev–Trinajstić information content (AvgIpc) is 3.11. The van der Waals surface area contributed by atoms with Crippen LogP contribution in [-0.2, 0) is 9.53 Å². The SMILES string of the molecule is CC1C2CC(CC(O)(C(F)(F)F)C(F)(F)F)C(C2)C1C.CCC(C)(C)C(=O)OC(C)(C)C. The van der Waals surface area contributed by atoms with Gasteiger partial charge in [0.2, 0.25) is 0 Å². The van der Waals surface area contributed by atoms with E-state index in [9.17, 15) is 36.2 Å². The van der Waals surface area contributed by atoms with Crippen LogP contribution in [0.25, 0.3) is 0 Å². The number of fused-ring (bicyclic) bond motifs is 2. The van der Waals surface area contributed by atoms with Crippen LogP contribution < -0.4 is 0 Å². The third-order valence-corrected chi connectivity index (χ3v) is 7.37. The lowest BCUT2D eigenvalue weighted by Gasteiger charge is -2.39. The van der Waals surface area contributed by atoms with E-state index in [0.29, 0.717) is 18.8 Å². The summed E-state index contributed by atoms with van der Waals surface area (Å²) in [6.07, 6.45) is -10.8. The van der Waals surface area contributed by atoms with E-state index in [4.69, 9.17) is 4.74 Å². The van der Waals surface area contributed by atoms with Crippen LogP contribution in [-0.4, -0.2) is 34.6 Å². The summed E-state index contributed by atoms with van der Waals surface area (Å²) in [6.45, 7) is 15.3. The number of aliphatic hydroxyl groups is 1. The van der Waals surface area contributed by atoms with Crippen molar-refractivity contribution in [1.29, 1.82) is 0 Å². The van der Waals surface area contributed by atoms with Gasteiger partial charge >= 0.3 is 18.3 Å². The lowest BCUT2D eigenvalue weighted by Crippen LogP contribution is -2.58. The summed E-state index contributed by atoms with van der Waals surface area (Å²) in [5.41, 5.74) is -5.31. The molecule has 5 unspecified atom stereocenters. The predicted molar refractivity (Wildman–Crippen MR) is 110 cm³/mol. The van der Waals surface area contributed by atoms with Crippen LogP contribution in [0.1, 0.15) is 81.1 Å². The Bertz CT molecular complexity index is 632. The third-order valence-electron chi connectivity index (χ3n) is 7.37. The van der Waals surface area contributed by atoms with Gasteiger partial charge in [0.15, 0.2) is 0 Å². The molecule has 3 nitrogen and oxygen atoms in total. The molecule has 0 aromatic carbocycles. The molecule has 0 radical (unpaired) electrons. The van der Waals surface area contributed by atoms with Crippen LogP contribution in [0.15, 0.2) is 0 Å². The van der Waals surface area contributed by atoms with Gasteiger partial charge in [0.05, 0.1) is 5.41 Å². The molecule has 32 heavy (non-hydrogen) atoms. The minimum atomic E-state index is -5.69. The first-order chi connectivity index (χ1) is 14.1. The van der Waals surface area contributed by atoms with E-state index in [-0.39, 0.29) is 34.7 Å². The molecule has 2 aliphatic carbocycles. The van der Waals surface area contributed by atoms with Crippen LogP contribution in [0, 0.1) is 35.0 Å². The van der Waals surface area contributed by atoms with Gasteiger partial charge in [0.25, 0.3) is 5.60 Å². The van der Waals surface area contributed by atoms with Crippen LogP contribution in [0.3, 0.4) is 0 Å². The summed E-state index contributed by atoms with van der Waals surface area (Å²) in [5, 5.41) is 9.28. The highest BCUT2D eigenvalue weighted by Crippen LogP contribution is 2.59. The Balaban J connectivity index is 0.000000368. The number of carbonyl (C=O) groups is 1. The molecule has 2 fully saturated rings. The second kappa shape index (κ2) is 9.34. The summed E-state index contributed by atoms with van der Waals surface area (Å²) in [7, 11) is 0. The first-order valence-corrected chi connectivity index (χ1v) is 11.2. The number of esters is 1. The predicted octanol–water partition coefficient (Wildman–Crippen LogP) is 6.92. The van der Waals surface area contributed by atoms with Crippen molar-refractivity contribution in [3.8, 4) is 0 Å². The second-order valence-electron chi connectivity index (χ2n) is 11.2. The average molecular weight is 477 g/mol. The molecule has 0 saturated heterocycles. The zero-order valence-corrected chi connectivity index (χ0v) is 20.2. The monoisotopic (exact) mass is 476 g/mol. The van der Waals surface area contributed by atoms with Crippen molar-refractivity contribution in [2.24, 2.45) is 35.0 Å². The maximum absolute atomic E-state index is 12.7. The fraction of sp³-hybridized carbons (Fsp3) is 0.957. The lowest BCUT2D eigenvalue weighted by atomic mass is 9.72. The van der Waals surface area contributed by atoms with Crippen LogP contribution in [0.2, 0.25) is 0 Å². The molecule has 190 valence electrons.